The Morgan fingerprint density at radius 2 is 1.96 bits per heavy atom. The molecule has 1 heterocycles. The fourth-order valence-corrected chi connectivity index (χ4v) is 4.35. The van der Waals surface area contributed by atoms with Crippen molar-refractivity contribution in [1.29, 1.82) is 0 Å². The number of amides is 1. The van der Waals surface area contributed by atoms with Crippen LogP contribution in [-0.4, -0.2) is 16.9 Å². The van der Waals surface area contributed by atoms with Crippen molar-refractivity contribution in [2.24, 2.45) is 11.7 Å². The summed E-state index contributed by atoms with van der Waals surface area (Å²) in [7, 11) is 0. The van der Waals surface area contributed by atoms with Gasteiger partial charge in [0.2, 0.25) is 5.91 Å². The van der Waals surface area contributed by atoms with Gasteiger partial charge in [-0.25, -0.2) is 4.98 Å². The van der Waals surface area contributed by atoms with E-state index in [0.29, 0.717) is 0 Å². The second kappa shape index (κ2) is 8.30. The van der Waals surface area contributed by atoms with Crippen molar-refractivity contribution >= 4 is 29.7 Å². The largest absolute Gasteiger partial charge is 0.348 e. The molecule has 1 saturated carbocycles. The number of aromatic nitrogens is 1. The van der Waals surface area contributed by atoms with Crippen molar-refractivity contribution in [3.05, 3.63) is 40.4 Å². The van der Waals surface area contributed by atoms with Gasteiger partial charge >= 0.3 is 0 Å². The minimum atomic E-state index is -0.0222. The Hall–Kier alpha value is -1.43. The maximum Gasteiger partial charge on any atom is 0.223 e. The van der Waals surface area contributed by atoms with Crippen LogP contribution in [-0.2, 0) is 4.79 Å². The van der Waals surface area contributed by atoms with E-state index in [4.69, 9.17) is 10.7 Å². The van der Waals surface area contributed by atoms with Crippen LogP contribution in [0, 0.1) is 19.8 Å². The lowest BCUT2D eigenvalue weighted by atomic mass is 10.1. The predicted octanol–water partition coefficient (Wildman–Crippen LogP) is 4.15. The van der Waals surface area contributed by atoms with Crippen molar-refractivity contribution < 1.29 is 4.79 Å². The first-order valence-corrected chi connectivity index (χ1v) is 9.36. The molecule has 136 valence electrons. The molecule has 25 heavy (non-hydrogen) atoms. The number of nitrogens with one attached hydrogen (secondary N) is 1. The lowest BCUT2D eigenvalue weighted by molar-refractivity contribution is -0.125. The van der Waals surface area contributed by atoms with Crippen LogP contribution >= 0.6 is 23.7 Å². The van der Waals surface area contributed by atoms with E-state index < -0.39 is 0 Å². The quantitative estimate of drug-likeness (QED) is 0.838. The second-order valence-corrected chi connectivity index (χ2v) is 7.87. The van der Waals surface area contributed by atoms with Gasteiger partial charge in [0.05, 0.1) is 16.6 Å². The summed E-state index contributed by atoms with van der Waals surface area (Å²) in [6.07, 6.45) is 2.65. The van der Waals surface area contributed by atoms with Gasteiger partial charge in [-0.05, 0) is 40.0 Å². The van der Waals surface area contributed by atoms with Gasteiger partial charge in [0.25, 0.3) is 0 Å². The minimum Gasteiger partial charge on any atom is -0.348 e. The molecule has 0 spiro atoms. The Morgan fingerprint density at radius 3 is 2.56 bits per heavy atom. The lowest BCUT2D eigenvalue weighted by Crippen LogP contribution is -2.32. The van der Waals surface area contributed by atoms with Crippen LogP contribution in [0.4, 0.5) is 0 Å². The molecule has 1 amide bonds. The van der Waals surface area contributed by atoms with Crippen LogP contribution in [0.5, 0.6) is 0 Å². The summed E-state index contributed by atoms with van der Waals surface area (Å²) < 4.78 is 0. The fraction of sp³-hybridized carbons (Fsp3) is 0.474. The first-order chi connectivity index (χ1) is 11.4. The molecule has 0 aliphatic heterocycles. The van der Waals surface area contributed by atoms with Crippen molar-refractivity contribution in [2.75, 3.05) is 0 Å². The normalized spacial score (nSPS) is 20.8. The number of nitrogens with zero attached hydrogens (tertiary/aromatic N) is 1. The SMILES string of the molecule is Cc1ccc(-c2nc(C)c(C(C)NC(=O)C3CCC(N)C3)s2)cc1.Cl. The summed E-state index contributed by atoms with van der Waals surface area (Å²) in [5, 5.41) is 4.16. The number of carbonyl (C=O) groups excluding carboxylic acids is 1. The monoisotopic (exact) mass is 379 g/mol. The highest BCUT2D eigenvalue weighted by Crippen LogP contribution is 2.32. The van der Waals surface area contributed by atoms with Crippen LogP contribution in [0.3, 0.4) is 0 Å². The number of nitrogens with two attached hydrogens (primary N) is 1. The molecule has 0 bridgehead atoms. The van der Waals surface area contributed by atoms with Crippen molar-refractivity contribution in [2.45, 2.75) is 52.1 Å². The van der Waals surface area contributed by atoms with Gasteiger partial charge in [0.15, 0.2) is 0 Å². The molecule has 0 saturated heterocycles. The molecule has 3 atom stereocenters. The Morgan fingerprint density at radius 1 is 1.28 bits per heavy atom. The van der Waals surface area contributed by atoms with Crippen LogP contribution in [0.1, 0.15) is 48.4 Å². The number of hydrogen-bond donors (Lipinski definition) is 2. The first kappa shape index (κ1) is 19.9. The van der Waals surface area contributed by atoms with Crippen LogP contribution in [0.2, 0.25) is 0 Å². The average Bonchev–Trinajstić information content (AvgIpc) is 3.14. The topological polar surface area (TPSA) is 68.0 Å². The van der Waals surface area contributed by atoms with Gasteiger partial charge in [-0.2, -0.15) is 0 Å². The van der Waals surface area contributed by atoms with Gasteiger partial charge in [-0.3, -0.25) is 4.79 Å². The Kier molecular flexibility index (Phi) is 6.60. The zero-order valence-corrected chi connectivity index (χ0v) is 16.5. The van der Waals surface area contributed by atoms with E-state index in [1.165, 1.54) is 5.56 Å². The molecule has 3 unspecified atom stereocenters. The first-order valence-electron chi connectivity index (χ1n) is 8.54. The number of carbonyl (C=O) groups is 1. The number of rotatable bonds is 4. The number of aryl methyl sites for hydroxylation is 2. The molecule has 4 nitrogen and oxygen atoms in total. The number of thiazole rings is 1. The fourth-order valence-electron chi connectivity index (χ4n) is 3.28. The Bertz CT molecular complexity index is 729. The second-order valence-electron chi connectivity index (χ2n) is 6.84. The highest BCUT2D eigenvalue weighted by atomic mass is 35.5. The lowest BCUT2D eigenvalue weighted by Gasteiger charge is -2.16. The summed E-state index contributed by atoms with van der Waals surface area (Å²) in [4.78, 5) is 18.2. The van der Waals surface area contributed by atoms with E-state index >= 15 is 0 Å². The molecule has 6 heteroatoms. The number of hydrogen-bond acceptors (Lipinski definition) is 4. The molecule has 1 aromatic carbocycles. The number of halogens is 1. The van der Waals surface area contributed by atoms with E-state index in [-0.39, 0.29) is 36.3 Å². The van der Waals surface area contributed by atoms with Crippen molar-refractivity contribution in [3.63, 3.8) is 0 Å². The van der Waals surface area contributed by atoms with E-state index in [1.807, 2.05) is 13.8 Å². The predicted molar refractivity (Wildman–Crippen MR) is 106 cm³/mol. The molecule has 0 radical (unpaired) electrons. The van der Waals surface area contributed by atoms with E-state index in [1.54, 1.807) is 11.3 Å². The average molecular weight is 380 g/mol. The molecule has 1 aliphatic carbocycles. The molecular formula is C19H26ClN3OS. The molecule has 3 rings (SSSR count). The van der Waals surface area contributed by atoms with Crippen LogP contribution in [0.15, 0.2) is 24.3 Å². The van der Waals surface area contributed by atoms with Crippen LogP contribution in [0.25, 0.3) is 10.6 Å². The highest BCUT2D eigenvalue weighted by Gasteiger charge is 2.29. The molecule has 1 aromatic heterocycles. The minimum absolute atomic E-state index is 0. The molecular weight excluding hydrogens is 354 g/mol. The third-order valence-electron chi connectivity index (χ3n) is 4.73. The molecule has 1 aliphatic rings. The van der Waals surface area contributed by atoms with Gasteiger partial charge in [-0.15, -0.1) is 23.7 Å². The molecule has 1 fully saturated rings. The summed E-state index contributed by atoms with van der Waals surface area (Å²) in [6, 6.07) is 8.54. The third-order valence-corrected chi connectivity index (χ3v) is 6.12. The highest BCUT2D eigenvalue weighted by molar-refractivity contribution is 7.15. The smallest absolute Gasteiger partial charge is 0.223 e. The summed E-state index contributed by atoms with van der Waals surface area (Å²) in [5.74, 6) is 0.187. The van der Waals surface area contributed by atoms with Crippen molar-refractivity contribution in [3.8, 4) is 10.6 Å². The van der Waals surface area contributed by atoms with Gasteiger partial charge in [0, 0.05) is 17.5 Å². The maximum absolute atomic E-state index is 12.4. The van der Waals surface area contributed by atoms with Gasteiger partial charge in [-0.1, -0.05) is 29.8 Å². The maximum atomic E-state index is 12.4. The number of benzene rings is 1. The molecule has 3 N–H and O–H groups in total. The van der Waals surface area contributed by atoms with E-state index in [0.717, 1.165) is 40.4 Å². The summed E-state index contributed by atoms with van der Waals surface area (Å²) in [6.45, 7) is 6.12. The zero-order chi connectivity index (χ0) is 17.3. The van der Waals surface area contributed by atoms with Gasteiger partial charge in [0.1, 0.15) is 5.01 Å². The third kappa shape index (κ3) is 4.60. The van der Waals surface area contributed by atoms with E-state index in [9.17, 15) is 4.79 Å². The summed E-state index contributed by atoms with van der Waals surface area (Å²) in [5.41, 5.74) is 9.28. The zero-order valence-electron chi connectivity index (χ0n) is 14.9. The van der Waals surface area contributed by atoms with E-state index in [2.05, 4.69) is 36.5 Å². The Labute approximate surface area is 159 Å². The van der Waals surface area contributed by atoms with Crippen LogP contribution < -0.4 is 11.1 Å². The standard InChI is InChI=1S/C19H25N3OS.ClH/c1-11-4-6-14(7-5-11)19-22-13(3)17(24-19)12(2)21-18(23)15-8-9-16(20)10-15;/h4-7,12,15-16H,8-10,20H2,1-3H3,(H,21,23);1H. The summed E-state index contributed by atoms with van der Waals surface area (Å²) >= 11 is 1.66. The molecule has 2 aromatic rings. The van der Waals surface area contributed by atoms with Crippen molar-refractivity contribution in [1.82, 2.24) is 10.3 Å². The Balaban J connectivity index is 0.00000225. The van der Waals surface area contributed by atoms with Gasteiger partial charge < -0.3 is 11.1 Å².